The molecule has 0 saturated carbocycles. The van der Waals surface area contributed by atoms with Crippen molar-refractivity contribution in [1.82, 2.24) is 5.43 Å². The van der Waals surface area contributed by atoms with Crippen LogP contribution < -0.4 is 15.5 Å². The van der Waals surface area contributed by atoms with Gasteiger partial charge in [-0.1, -0.05) is 35.9 Å². The predicted molar refractivity (Wildman–Crippen MR) is 93.3 cm³/mol. The highest BCUT2D eigenvalue weighted by molar-refractivity contribution is 6.31. The quantitative estimate of drug-likeness (QED) is 0.630. The first kappa shape index (κ1) is 16.8. The molecule has 1 amide bonds. The van der Waals surface area contributed by atoms with E-state index in [-0.39, 0.29) is 12.5 Å². The van der Waals surface area contributed by atoms with Gasteiger partial charge in [-0.3, -0.25) is 4.79 Å². The van der Waals surface area contributed by atoms with Crippen molar-refractivity contribution in [2.75, 3.05) is 19.0 Å². The second-order valence-electron chi connectivity index (χ2n) is 4.80. The molecule has 6 heteroatoms. The molecular formula is C17H18ClN3O2. The third kappa shape index (κ3) is 5.00. The number of anilines is 1. The molecule has 2 rings (SSSR count). The summed E-state index contributed by atoms with van der Waals surface area (Å²) in [6, 6.07) is 14.7. The van der Waals surface area contributed by atoms with E-state index in [4.69, 9.17) is 16.3 Å². The van der Waals surface area contributed by atoms with Crippen LogP contribution in [0.25, 0.3) is 0 Å². The van der Waals surface area contributed by atoms with Crippen molar-refractivity contribution in [1.29, 1.82) is 0 Å². The molecule has 0 fully saturated rings. The molecule has 0 radical (unpaired) electrons. The summed E-state index contributed by atoms with van der Waals surface area (Å²) < 4.78 is 5.21. The lowest BCUT2D eigenvalue weighted by Gasteiger charge is -2.10. The number of nitrogens with zero attached hydrogens (tertiary/aromatic N) is 1. The monoisotopic (exact) mass is 331 g/mol. The van der Waals surface area contributed by atoms with Gasteiger partial charge >= 0.3 is 0 Å². The third-order valence-corrected chi connectivity index (χ3v) is 3.37. The smallest absolute Gasteiger partial charge is 0.259 e. The molecule has 0 bridgehead atoms. The van der Waals surface area contributed by atoms with Gasteiger partial charge in [0.1, 0.15) is 5.75 Å². The van der Waals surface area contributed by atoms with E-state index in [1.165, 1.54) is 0 Å². The Balaban J connectivity index is 1.91. The SMILES string of the molecule is COc1ccccc1NCC(=O)N/N=C(\C)c1cccc(Cl)c1. The lowest BCUT2D eigenvalue weighted by atomic mass is 10.1. The van der Waals surface area contributed by atoms with Crippen LogP contribution >= 0.6 is 11.6 Å². The predicted octanol–water partition coefficient (Wildman–Crippen LogP) is 3.30. The molecule has 0 saturated heterocycles. The summed E-state index contributed by atoms with van der Waals surface area (Å²) in [5, 5.41) is 7.71. The standard InChI is InChI=1S/C17H18ClN3O2/c1-12(13-6-5-7-14(18)10-13)20-21-17(22)11-19-15-8-3-4-9-16(15)23-2/h3-10,19H,11H2,1-2H3,(H,21,22)/b20-12+. The third-order valence-electron chi connectivity index (χ3n) is 3.14. The highest BCUT2D eigenvalue weighted by Gasteiger charge is 2.05. The number of carbonyl (C=O) groups is 1. The number of carbonyl (C=O) groups excluding carboxylic acids is 1. The Labute approximate surface area is 140 Å². The zero-order valence-electron chi connectivity index (χ0n) is 13.0. The number of halogens is 1. The number of ether oxygens (including phenoxy) is 1. The Morgan fingerprint density at radius 2 is 2.00 bits per heavy atom. The van der Waals surface area contributed by atoms with Crippen LogP contribution in [0.2, 0.25) is 5.02 Å². The molecule has 2 N–H and O–H groups in total. The number of rotatable bonds is 6. The van der Waals surface area contributed by atoms with Crippen LogP contribution in [0.4, 0.5) is 5.69 Å². The van der Waals surface area contributed by atoms with E-state index >= 15 is 0 Å². The van der Waals surface area contributed by atoms with E-state index < -0.39 is 0 Å². The molecule has 0 aromatic heterocycles. The molecule has 0 heterocycles. The molecule has 5 nitrogen and oxygen atoms in total. The summed E-state index contributed by atoms with van der Waals surface area (Å²) in [6.45, 7) is 1.90. The van der Waals surface area contributed by atoms with Gasteiger partial charge in [0.2, 0.25) is 0 Å². The van der Waals surface area contributed by atoms with Crippen LogP contribution in [0.15, 0.2) is 53.6 Å². The van der Waals surface area contributed by atoms with Gasteiger partial charge in [-0.05, 0) is 36.8 Å². The summed E-state index contributed by atoms with van der Waals surface area (Å²) in [5.74, 6) is 0.427. The van der Waals surface area contributed by atoms with Crippen LogP contribution in [0.5, 0.6) is 5.75 Å². The Hall–Kier alpha value is -2.53. The molecule has 0 spiro atoms. The van der Waals surface area contributed by atoms with Gasteiger partial charge in [-0.2, -0.15) is 5.10 Å². The maximum absolute atomic E-state index is 11.9. The average Bonchev–Trinajstić information content (AvgIpc) is 2.58. The normalized spacial score (nSPS) is 11.0. The second kappa shape index (κ2) is 8.19. The fourth-order valence-electron chi connectivity index (χ4n) is 1.93. The van der Waals surface area contributed by atoms with E-state index in [9.17, 15) is 4.79 Å². The molecule has 2 aromatic carbocycles. The lowest BCUT2D eigenvalue weighted by Crippen LogP contribution is -2.26. The zero-order chi connectivity index (χ0) is 16.7. The number of methoxy groups -OCH3 is 1. The number of benzene rings is 2. The van der Waals surface area contributed by atoms with Crippen molar-refractivity contribution < 1.29 is 9.53 Å². The van der Waals surface area contributed by atoms with Crippen molar-refractivity contribution >= 4 is 28.9 Å². The van der Waals surface area contributed by atoms with E-state index in [2.05, 4.69) is 15.8 Å². The largest absolute Gasteiger partial charge is 0.495 e. The summed E-state index contributed by atoms with van der Waals surface area (Å²) in [4.78, 5) is 11.9. The average molecular weight is 332 g/mol. The molecule has 0 aliphatic carbocycles. The summed E-state index contributed by atoms with van der Waals surface area (Å²) in [6.07, 6.45) is 0. The Morgan fingerprint density at radius 3 is 2.74 bits per heavy atom. The van der Waals surface area contributed by atoms with Gasteiger partial charge in [-0.15, -0.1) is 0 Å². The van der Waals surface area contributed by atoms with E-state index in [1.54, 1.807) is 26.2 Å². The fourth-order valence-corrected chi connectivity index (χ4v) is 2.12. The molecular weight excluding hydrogens is 314 g/mol. The Kier molecular flexibility index (Phi) is 6.00. The number of hydrazone groups is 1. The summed E-state index contributed by atoms with van der Waals surface area (Å²) in [5.41, 5.74) is 4.80. The van der Waals surface area contributed by atoms with Gasteiger partial charge in [0.05, 0.1) is 25.1 Å². The van der Waals surface area contributed by atoms with Crippen LogP contribution in [0, 0.1) is 0 Å². The first-order chi connectivity index (χ1) is 11.1. The number of nitrogens with one attached hydrogen (secondary N) is 2. The first-order valence-electron chi connectivity index (χ1n) is 7.06. The number of hydrogen-bond donors (Lipinski definition) is 2. The minimum absolute atomic E-state index is 0.0900. The molecule has 0 atom stereocenters. The van der Waals surface area contributed by atoms with Gasteiger partial charge in [0.25, 0.3) is 5.91 Å². The maximum Gasteiger partial charge on any atom is 0.259 e. The highest BCUT2D eigenvalue weighted by Crippen LogP contribution is 2.22. The number of hydrogen-bond acceptors (Lipinski definition) is 4. The molecule has 2 aromatic rings. The molecule has 120 valence electrons. The van der Waals surface area contributed by atoms with Gasteiger partial charge in [-0.25, -0.2) is 5.43 Å². The molecule has 0 aliphatic rings. The Bertz CT molecular complexity index is 716. The van der Waals surface area contributed by atoms with Gasteiger partial charge < -0.3 is 10.1 Å². The van der Waals surface area contributed by atoms with Crippen LogP contribution in [-0.4, -0.2) is 25.3 Å². The fraction of sp³-hybridized carbons (Fsp3) is 0.176. The Morgan fingerprint density at radius 1 is 1.22 bits per heavy atom. The minimum atomic E-state index is -0.253. The minimum Gasteiger partial charge on any atom is -0.495 e. The topological polar surface area (TPSA) is 62.7 Å². The second-order valence-corrected chi connectivity index (χ2v) is 5.23. The summed E-state index contributed by atoms with van der Waals surface area (Å²) in [7, 11) is 1.58. The molecule has 23 heavy (non-hydrogen) atoms. The van der Waals surface area contributed by atoms with Crippen molar-refractivity contribution in [3.8, 4) is 5.75 Å². The number of amides is 1. The highest BCUT2D eigenvalue weighted by atomic mass is 35.5. The summed E-state index contributed by atoms with van der Waals surface area (Å²) >= 11 is 5.93. The van der Waals surface area contributed by atoms with Crippen molar-refractivity contribution in [3.63, 3.8) is 0 Å². The van der Waals surface area contributed by atoms with Crippen LogP contribution in [0.1, 0.15) is 12.5 Å². The van der Waals surface area contributed by atoms with E-state index in [1.807, 2.05) is 36.4 Å². The zero-order valence-corrected chi connectivity index (χ0v) is 13.7. The maximum atomic E-state index is 11.9. The first-order valence-corrected chi connectivity index (χ1v) is 7.44. The van der Waals surface area contributed by atoms with E-state index in [0.29, 0.717) is 16.5 Å². The van der Waals surface area contributed by atoms with Crippen molar-refractivity contribution in [3.05, 3.63) is 59.1 Å². The molecule has 0 aliphatic heterocycles. The van der Waals surface area contributed by atoms with Crippen LogP contribution in [-0.2, 0) is 4.79 Å². The van der Waals surface area contributed by atoms with Gasteiger partial charge in [0, 0.05) is 5.02 Å². The van der Waals surface area contributed by atoms with Crippen molar-refractivity contribution in [2.45, 2.75) is 6.92 Å². The van der Waals surface area contributed by atoms with Crippen LogP contribution in [0.3, 0.4) is 0 Å². The molecule has 0 unspecified atom stereocenters. The lowest BCUT2D eigenvalue weighted by molar-refractivity contribution is -0.119. The van der Waals surface area contributed by atoms with E-state index in [0.717, 1.165) is 11.3 Å². The van der Waals surface area contributed by atoms with Gasteiger partial charge in [0.15, 0.2) is 0 Å². The van der Waals surface area contributed by atoms with Crippen molar-refractivity contribution in [2.24, 2.45) is 5.10 Å². The number of para-hydroxylation sites is 2.